The van der Waals surface area contributed by atoms with Gasteiger partial charge in [0, 0.05) is 12.1 Å². The lowest BCUT2D eigenvalue weighted by Gasteiger charge is -2.17. The lowest BCUT2D eigenvalue weighted by molar-refractivity contribution is -0.123. The Hall–Kier alpha value is -2.36. The molecule has 0 aliphatic heterocycles. The summed E-state index contributed by atoms with van der Waals surface area (Å²) >= 11 is 0. The van der Waals surface area contributed by atoms with Crippen LogP contribution in [0.3, 0.4) is 0 Å². The summed E-state index contributed by atoms with van der Waals surface area (Å²) in [4.78, 5) is 12.5. The van der Waals surface area contributed by atoms with Crippen LogP contribution in [0.1, 0.15) is 24.0 Å². The Morgan fingerprint density at radius 1 is 1.17 bits per heavy atom. The highest BCUT2D eigenvalue weighted by Crippen LogP contribution is 2.49. The Morgan fingerprint density at radius 2 is 1.87 bits per heavy atom. The number of hydrogen-bond acceptors (Lipinski definition) is 2. The highest BCUT2D eigenvalue weighted by atomic mass is 19.1. The second-order valence-electron chi connectivity index (χ2n) is 5.88. The second kappa shape index (κ2) is 6.41. The van der Waals surface area contributed by atoms with Crippen molar-refractivity contribution >= 4 is 5.91 Å². The van der Waals surface area contributed by atoms with Crippen LogP contribution in [0.2, 0.25) is 0 Å². The first-order valence-electron chi connectivity index (χ1n) is 7.82. The Bertz CT molecular complexity index is 710. The lowest BCUT2D eigenvalue weighted by Crippen LogP contribution is -2.36. The maximum atomic E-state index is 14.0. The number of halogens is 1. The van der Waals surface area contributed by atoms with E-state index in [0.29, 0.717) is 31.4 Å². The number of amides is 1. The van der Waals surface area contributed by atoms with Crippen LogP contribution in [-0.2, 0) is 16.6 Å². The lowest BCUT2D eigenvalue weighted by atomic mass is 9.94. The molecule has 0 unspecified atom stereocenters. The molecule has 1 aliphatic rings. The molecular formula is C19H20FNO2. The topological polar surface area (TPSA) is 38.3 Å². The molecule has 1 saturated carbocycles. The Morgan fingerprint density at radius 3 is 2.57 bits per heavy atom. The first-order valence-corrected chi connectivity index (χ1v) is 7.82. The van der Waals surface area contributed by atoms with E-state index in [4.69, 9.17) is 4.74 Å². The molecule has 0 aromatic heterocycles. The molecule has 23 heavy (non-hydrogen) atoms. The van der Waals surface area contributed by atoms with Gasteiger partial charge in [-0.2, -0.15) is 0 Å². The number of nitrogens with one attached hydrogen (secondary N) is 1. The van der Waals surface area contributed by atoms with E-state index < -0.39 is 5.41 Å². The van der Waals surface area contributed by atoms with Gasteiger partial charge >= 0.3 is 0 Å². The molecule has 2 aromatic carbocycles. The van der Waals surface area contributed by atoms with Crippen LogP contribution in [0.5, 0.6) is 5.75 Å². The summed E-state index contributed by atoms with van der Waals surface area (Å²) in [5.74, 6) is 0.430. The average molecular weight is 313 g/mol. The molecule has 0 atom stereocenters. The van der Waals surface area contributed by atoms with E-state index in [2.05, 4.69) is 5.32 Å². The SMILES string of the molecule is COc1ccccc1CCNC(=O)C1(c2ccccc2F)CC1. The van der Waals surface area contributed by atoms with Gasteiger partial charge in [0.25, 0.3) is 0 Å². The monoisotopic (exact) mass is 313 g/mol. The number of carbonyl (C=O) groups excluding carboxylic acids is 1. The summed E-state index contributed by atoms with van der Waals surface area (Å²) < 4.78 is 19.3. The largest absolute Gasteiger partial charge is 0.496 e. The molecule has 2 aromatic rings. The van der Waals surface area contributed by atoms with E-state index in [0.717, 1.165) is 11.3 Å². The van der Waals surface area contributed by atoms with Crippen LogP contribution in [0.25, 0.3) is 0 Å². The summed E-state index contributed by atoms with van der Waals surface area (Å²) in [6, 6.07) is 14.3. The van der Waals surface area contributed by atoms with Gasteiger partial charge in [-0.15, -0.1) is 0 Å². The molecular weight excluding hydrogens is 293 g/mol. The first-order chi connectivity index (χ1) is 11.2. The van der Waals surface area contributed by atoms with Gasteiger partial charge in [-0.05, 0) is 37.0 Å². The number of ether oxygens (including phenoxy) is 1. The molecule has 1 amide bonds. The highest BCUT2D eigenvalue weighted by Gasteiger charge is 2.52. The van der Waals surface area contributed by atoms with Crippen LogP contribution in [0.15, 0.2) is 48.5 Å². The summed E-state index contributed by atoms with van der Waals surface area (Å²) in [5, 5.41) is 2.95. The number of methoxy groups -OCH3 is 1. The minimum atomic E-state index is -0.674. The molecule has 1 aliphatic carbocycles. The Balaban J connectivity index is 1.63. The van der Waals surface area contributed by atoms with E-state index in [1.165, 1.54) is 6.07 Å². The second-order valence-corrected chi connectivity index (χ2v) is 5.88. The molecule has 120 valence electrons. The smallest absolute Gasteiger partial charge is 0.230 e. The summed E-state index contributed by atoms with van der Waals surface area (Å²) in [7, 11) is 1.63. The van der Waals surface area contributed by atoms with E-state index in [1.807, 2.05) is 24.3 Å². The minimum Gasteiger partial charge on any atom is -0.496 e. The Labute approximate surface area is 135 Å². The van der Waals surface area contributed by atoms with Crippen molar-refractivity contribution in [3.8, 4) is 5.75 Å². The highest BCUT2D eigenvalue weighted by molar-refractivity contribution is 5.91. The number of para-hydroxylation sites is 1. The van der Waals surface area contributed by atoms with Gasteiger partial charge in [0.2, 0.25) is 5.91 Å². The average Bonchev–Trinajstić information content (AvgIpc) is 3.37. The van der Waals surface area contributed by atoms with Gasteiger partial charge in [0.05, 0.1) is 12.5 Å². The number of hydrogen-bond donors (Lipinski definition) is 1. The van der Waals surface area contributed by atoms with Crippen LogP contribution in [-0.4, -0.2) is 19.6 Å². The number of benzene rings is 2. The molecule has 0 spiro atoms. The van der Waals surface area contributed by atoms with Crippen molar-refractivity contribution in [1.29, 1.82) is 0 Å². The number of carbonyl (C=O) groups is 1. The van der Waals surface area contributed by atoms with Gasteiger partial charge in [-0.3, -0.25) is 4.79 Å². The summed E-state index contributed by atoms with van der Waals surface area (Å²) in [5.41, 5.74) is 0.882. The molecule has 3 rings (SSSR count). The maximum Gasteiger partial charge on any atom is 0.230 e. The van der Waals surface area contributed by atoms with Gasteiger partial charge in [0.15, 0.2) is 0 Å². The zero-order valence-electron chi connectivity index (χ0n) is 13.1. The van der Waals surface area contributed by atoms with Crippen LogP contribution < -0.4 is 10.1 Å². The van der Waals surface area contributed by atoms with Gasteiger partial charge < -0.3 is 10.1 Å². The van der Waals surface area contributed by atoms with Gasteiger partial charge in [-0.25, -0.2) is 4.39 Å². The van der Waals surface area contributed by atoms with Crippen LogP contribution >= 0.6 is 0 Å². The van der Waals surface area contributed by atoms with Gasteiger partial charge in [-0.1, -0.05) is 36.4 Å². The number of rotatable bonds is 6. The van der Waals surface area contributed by atoms with Crippen molar-refractivity contribution in [3.05, 3.63) is 65.5 Å². The molecule has 0 bridgehead atoms. The summed E-state index contributed by atoms with van der Waals surface area (Å²) in [6.07, 6.45) is 2.09. The third kappa shape index (κ3) is 3.07. The van der Waals surface area contributed by atoms with Crippen molar-refractivity contribution in [2.75, 3.05) is 13.7 Å². The Kier molecular flexibility index (Phi) is 4.33. The van der Waals surface area contributed by atoms with Crippen molar-refractivity contribution in [2.24, 2.45) is 0 Å². The maximum absolute atomic E-state index is 14.0. The molecule has 0 radical (unpaired) electrons. The zero-order chi connectivity index (χ0) is 16.3. The third-order valence-electron chi connectivity index (χ3n) is 4.45. The van der Waals surface area contributed by atoms with Crippen molar-refractivity contribution in [2.45, 2.75) is 24.7 Å². The van der Waals surface area contributed by atoms with E-state index in [-0.39, 0.29) is 11.7 Å². The van der Waals surface area contributed by atoms with E-state index in [9.17, 15) is 9.18 Å². The zero-order valence-corrected chi connectivity index (χ0v) is 13.1. The molecule has 4 heteroatoms. The molecule has 0 heterocycles. The van der Waals surface area contributed by atoms with E-state index in [1.54, 1.807) is 25.3 Å². The fourth-order valence-electron chi connectivity index (χ4n) is 2.98. The van der Waals surface area contributed by atoms with Crippen LogP contribution in [0, 0.1) is 5.82 Å². The predicted octanol–water partition coefficient (Wildman–Crippen LogP) is 3.22. The van der Waals surface area contributed by atoms with Crippen molar-refractivity contribution in [1.82, 2.24) is 5.32 Å². The normalized spacial score (nSPS) is 15.0. The standard InChI is InChI=1S/C19H20FNO2/c1-23-17-9-5-2-6-14(17)10-13-21-18(22)19(11-12-19)15-7-3-4-8-16(15)20/h2-9H,10-13H2,1H3,(H,21,22). The molecule has 1 N–H and O–H groups in total. The third-order valence-corrected chi connectivity index (χ3v) is 4.45. The molecule has 0 saturated heterocycles. The fourth-order valence-corrected chi connectivity index (χ4v) is 2.98. The van der Waals surface area contributed by atoms with Gasteiger partial charge in [0.1, 0.15) is 11.6 Å². The minimum absolute atomic E-state index is 0.0857. The summed E-state index contributed by atoms with van der Waals surface area (Å²) in [6.45, 7) is 0.509. The predicted molar refractivity (Wildman–Crippen MR) is 87.0 cm³/mol. The van der Waals surface area contributed by atoms with Crippen molar-refractivity contribution in [3.63, 3.8) is 0 Å². The fraction of sp³-hybridized carbons (Fsp3) is 0.316. The van der Waals surface area contributed by atoms with Crippen LogP contribution in [0.4, 0.5) is 4.39 Å². The molecule has 1 fully saturated rings. The molecule has 3 nitrogen and oxygen atoms in total. The quantitative estimate of drug-likeness (QED) is 0.889. The van der Waals surface area contributed by atoms with Crippen molar-refractivity contribution < 1.29 is 13.9 Å². The first kappa shape index (κ1) is 15.5. The van der Waals surface area contributed by atoms with E-state index >= 15 is 0 Å².